The van der Waals surface area contributed by atoms with Gasteiger partial charge in [-0.05, 0) is 23.5 Å². The third-order valence-corrected chi connectivity index (χ3v) is 2.78. The van der Waals surface area contributed by atoms with Crippen LogP contribution >= 0.6 is 15.9 Å². The molecule has 0 N–H and O–H groups in total. The highest BCUT2D eigenvalue weighted by molar-refractivity contribution is 9.09. The first-order valence-corrected chi connectivity index (χ1v) is 5.61. The van der Waals surface area contributed by atoms with Gasteiger partial charge in [-0.25, -0.2) is 8.78 Å². The minimum Gasteiger partial charge on any atom is -0.207 e. The van der Waals surface area contributed by atoms with E-state index >= 15 is 0 Å². The van der Waals surface area contributed by atoms with E-state index in [4.69, 9.17) is 0 Å². The topological polar surface area (TPSA) is 0 Å². The van der Waals surface area contributed by atoms with Gasteiger partial charge in [0.1, 0.15) is 11.6 Å². The SMILES string of the molecule is CC(C)(CCBr)c1ccc(F)cc1F. The van der Waals surface area contributed by atoms with Crippen molar-refractivity contribution in [1.29, 1.82) is 0 Å². The lowest BCUT2D eigenvalue weighted by atomic mass is 9.82. The van der Waals surface area contributed by atoms with Crippen molar-refractivity contribution in [3.63, 3.8) is 0 Å². The lowest BCUT2D eigenvalue weighted by Gasteiger charge is -2.24. The summed E-state index contributed by atoms with van der Waals surface area (Å²) in [6.45, 7) is 3.90. The van der Waals surface area contributed by atoms with Crippen LogP contribution in [0.1, 0.15) is 25.8 Å². The fraction of sp³-hybridized carbons (Fsp3) is 0.455. The number of hydrogen-bond acceptors (Lipinski definition) is 0. The van der Waals surface area contributed by atoms with Crippen molar-refractivity contribution in [1.82, 2.24) is 0 Å². The second kappa shape index (κ2) is 4.39. The first kappa shape index (κ1) is 11.6. The fourth-order valence-electron chi connectivity index (χ4n) is 1.41. The van der Waals surface area contributed by atoms with Gasteiger partial charge < -0.3 is 0 Å². The summed E-state index contributed by atoms with van der Waals surface area (Å²) in [6, 6.07) is 3.76. The highest BCUT2D eigenvalue weighted by atomic mass is 79.9. The van der Waals surface area contributed by atoms with Gasteiger partial charge in [0.15, 0.2) is 0 Å². The summed E-state index contributed by atoms with van der Waals surface area (Å²) >= 11 is 3.32. The van der Waals surface area contributed by atoms with Crippen LogP contribution in [0.15, 0.2) is 18.2 Å². The Morgan fingerprint density at radius 1 is 1.29 bits per heavy atom. The van der Waals surface area contributed by atoms with Crippen LogP contribution in [0.25, 0.3) is 0 Å². The number of benzene rings is 1. The van der Waals surface area contributed by atoms with Crippen molar-refractivity contribution >= 4 is 15.9 Å². The molecule has 0 aliphatic carbocycles. The Labute approximate surface area is 91.5 Å². The number of hydrogen-bond donors (Lipinski definition) is 0. The van der Waals surface area contributed by atoms with E-state index < -0.39 is 11.6 Å². The van der Waals surface area contributed by atoms with Gasteiger partial charge in [0, 0.05) is 11.4 Å². The standard InChI is InChI=1S/C11H13BrF2/c1-11(2,5-6-12)9-4-3-8(13)7-10(9)14/h3-4,7H,5-6H2,1-2H3. The second-order valence-corrected chi connectivity index (χ2v) is 4.74. The minimum atomic E-state index is -0.527. The number of alkyl halides is 1. The summed E-state index contributed by atoms with van der Waals surface area (Å²) in [6.07, 6.45) is 0.815. The molecule has 0 aliphatic rings. The van der Waals surface area contributed by atoms with Crippen molar-refractivity contribution in [2.45, 2.75) is 25.7 Å². The molecule has 0 aliphatic heterocycles. The highest BCUT2D eigenvalue weighted by Crippen LogP contribution is 2.29. The first-order valence-electron chi connectivity index (χ1n) is 4.49. The molecule has 0 fully saturated rings. The number of rotatable bonds is 3. The zero-order valence-electron chi connectivity index (χ0n) is 8.28. The van der Waals surface area contributed by atoms with Crippen LogP contribution < -0.4 is 0 Å². The fourth-order valence-corrected chi connectivity index (χ4v) is 2.40. The van der Waals surface area contributed by atoms with Gasteiger partial charge in [0.05, 0.1) is 0 Å². The molecule has 0 aromatic heterocycles. The summed E-state index contributed by atoms with van der Waals surface area (Å²) in [5.41, 5.74) is 0.305. The molecule has 0 bridgehead atoms. The Balaban J connectivity index is 3.06. The zero-order valence-corrected chi connectivity index (χ0v) is 9.87. The zero-order chi connectivity index (χ0) is 10.8. The van der Waals surface area contributed by atoms with E-state index in [0.29, 0.717) is 5.56 Å². The van der Waals surface area contributed by atoms with Crippen LogP contribution in [0.5, 0.6) is 0 Å². The minimum absolute atomic E-state index is 0.263. The van der Waals surface area contributed by atoms with Crippen LogP contribution in [0.2, 0.25) is 0 Å². The molecular formula is C11H13BrF2. The van der Waals surface area contributed by atoms with E-state index in [1.807, 2.05) is 13.8 Å². The summed E-state index contributed by atoms with van der Waals surface area (Å²) in [5, 5.41) is 0.802. The van der Waals surface area contributed by atoms with E-state index in [-0.39, 0.29) is 5.41 Å². The van der Waals surface area contributed by atoms with Gasteiger partial charge in [0.25, 0.3) is 0 Å². The molecule has 0 unspecified atom stereocenters. The molecule has 0 heterocycles. The molecule has 1 aromatic rings. The Morgan fingerprint density at radius 2 is 1.93 bits per heavy atom. The first-order chi connectivity index (χ1) is 6.47. The molecule has 0 nitrogen and oxygen atoms in total. The smallest absolute Gasteiger partial charge is 0.129 e. The van der Waals surface area contributed by atoms with E-state index in [1.54, 1.807) is 0 Å². The van der Waals surface area contributed by atoms with E-state index in [9.17, 15) is 8.78 Å². The van der Waals surface area contributed by atoms with Gasteiger partial charge in [-0.1, -0.05) is 35.8 Å². The third kappa shape index (κ3) is 2.53. The molecule has 0 atom stereocenters. The normalized spacial score (nSPS) is 11.8. The molecule has 0 saturated heterocycles. The molecule has 0 amide bonds. The summed E-state index contributed by atoms with van der Waals surface area (Å²) in [5.74, 6) is -0.989. The molecule has 0 spiro atoms. The molecule has 0 saturated carbocycles. The number of halogens is 3. The van der Waals surface area contributed by atoms with E-state index in [0.717, 1.165) is 17.8 Å². The van der Waals surface area contributed by atoms with Crippen LogP contribution in [-0.2, 0) is 5.41 Å². The largest absolute Gasteiger partial charge is 0.207 e. The molecule has 14 heavy (non-hydrogen) atoms. The van der Waals surface area contributed by atoms with Crippen molar-refractivity contribution < 1.29 is 8.78 Å². The van der Waals surface area contributed by atoms with Gasteiger partial charge >= 0.3 is 0 Å². The van der Waals surface area contributed by atoms with Crippen molar-refractivity contribution in [2.24, 2.45) is 0 Å². The lowest BCUT2D eigenvalue weighted by Crippen LogP contribution is -2.19. The van der Waals surface area contributed by atoms with Crippen molar-refractivity contribution in [3.8, 4) is 0 Å². The predicted molar refractivity (Wildman–Crippen MR) is 57.8 cm³/mol. The van der Waals surface area contributed by atoms with Gasteiger partial charge in [-0.2, -0.15) is 0 Å². The summed E-state index contributed by atoms with van der Waals surface area (Å²) in [4.78, 5) is 0. The Hall–Kier alpha value is -0.440. The van der Waals surface area contributed by atoms with E-state index in [2.05, 4.69) is 15.9 Å². The predicted octanol–water partition coefficient (Wildman–Crippen LogP) is 4.03. The summed E-state index contributed by atoms with van der Waals surface area (Å²) < 4.78 is 26.1. The summed E-state index contributed by atoms with van der Waals surface area (Å²) in [7, 11) is 0. The monoisotopic (exact) mass is 262 g/mol. The maximum atomic E-state index is 13.4. The molecule has 1 rings (SSSR count). The highest BCUT2D eigenvalue weighted by Gasteiger charge is 2.23. The van der Waals surface area contributed by atoms with Crippen LogP contribution in [-0.4, -0.2) is 5.33 Å². The maximum absolute atomic E-state index is 13.4. The molecule has 0 radical (unpaired) electrons. The lowest BCUT2D eigenvalue weighted by molar-refractivity contribution is 0.468. The van der Waals surface area contributed by atoms with Gasteiger partial charge in [-0.15, -0.1) is 0 Å². The van der Waals surface area contributed by atoms with Gasteiger partial charge in [-0.3, -0.25) is 0 Å². The second-order valence-electron chi connectivity index (χ2n) is 3.95. The average Bonchev–Trinajstić information content (AvgIpc) is 2.02. The van der Waals surface area contributed by atoms with Crippen molar-refractivity contribution in [2.75, 3.05) is 5.33 Å². The van der Waals surface area contributed by atoms with Crippen LogP contribution in [0, 0.1) is 11.6 Å². The van der Waals surface area contributed by atoms with Gasteiger partial charge in [0.2, 0.25) is 0 Å². The molecule has 3 heteroatoms. The Morgan fingerprint density at radius 3 is 2.43 bits per heavy atom. The molecule has 1 aromatic carbocycles. The molecule has 78 valence electrons. The van der Waals surface area contributed by atoms with Crippen LogP contribution in [0.3, 0.4) is 0 Å². The average molecular weight is 263 g/mol. The maximum Gasteiger partial charge on any atom is 0.129 e. The van der Waals surface area contributed by atoms with Crippen LogP contribution in [0.4, 0.5) is 8.78 Å². The Kier molecular flexibility index (Phi) is 3.65. The van der Waals surface area contributed by atoms with Crippen molar-refractivity contribution in [3.05, 3.63) is 35.4 Å². The molecular weight excluding hydrogens is 250 g/mol. The van der Waals surface area contributed by atoms with E-state index in [1.165, 1.54) is 12.1 Å². The third-order valence-electron chi connectivity index (χ3n) is 2.38. The quantitative estimate of drug-likeness (QED) is 0.722. The Bertz CT molecular complexity index is 321.